The van der Waals surface area contributed by atoms with Gasteiger partial charge in [0.1, 0.15) is 11.6 Å². The minimum absolute atomic E-state index is 0.144. The van der Waals surface area contributed by atoms with E-state index in [-0.39, 0.29) is 24.4 Å². The molecule has 0 aliphatic carbocycles. The Morgan fingerprint density at radius 1 is 0.943 bits per heavy atom. The van der Waals surface area contributed by atoms with E-state index in [0.717, 1.165) is 11.3 Å². The third-order valence-electron chi connectivity index (χ3n) is 5.28. The fraction of sp³-hybridized carbons (Fsp3) is 0.222. The molecule has 0 bridgehead atoms. The second kappa shape index (κ2) is 12.3. The molecule has 1 N–H and O–H groups in total. The lowest BCUT2D eigenvalue weighted by Gasteiger charge is -2.17. The number of benzene rings is 3. The van der Waals surface area contributed by atoms with Crippen molar-refractivity contribution in [3.05, 3.63) is 95.3 Å². The van der Waals surface area contributed by atoms with Crippen molar-refractivity contribution in [1.82, 2.24) is 4.90 Å². The largest absolute Gasteiger partial charge is 0.497 e. The summed E-state index contributed by atoms with van der Waals surface area (Å²) in [5.74, 6) is -1.08. The molecule has 8 heteroatoms. The Morgan fingerprint density at radius 3 is 2.40 bits per heavy atom. The van der Waals surface area contributed by atoms with Crippen LogP contribution in [0.3, 0.4) is 0 Å². The number of methoxy groups -OCH3 is 1. The number of nitrogens with one attached hydrogen (secondary N) is 1. The molecule has 7 nitrogen and oxygen atoms in total. The zero-order valence-electron chi connectivity index (χ0n) is 19.6. The molecule has 0 aromatic heterocycles. The van der Waals surface area contributed by atoms with Crippen LogP contribution in [0.4, 0.5) is 10.1 Å². The van der Waals surface area contributed by atoms with E-state index in [0.29, 0.717) is 17.7 Å². The van der Waals surface area contributed by atoms with E-state index < -0.39 is 24.3 Å². The number of carbonyl (C=O) groups excluding carboxylic acids is 3. The van der Waals surface area contributed by atoms with Crippen LogP contribution in [-0.2, 0) is 27.3 Å². The SMILES string of the molecule is COc1ccc(CCC(=O)Nc2ccccc2C(=O)OCC(=O)N(C)Cc2cccc(F)c2)cc1. The number of hydrogen-bond acceptors (Lipinski definition) is 5. The Bertz CT molecular complexity index is 1180. The summed E-state index contributed by atoms with van der Waals surface area (Å²) in [5.41, 5.74) is 2.05. The molecule has 3 rings (SSSR count). The number of anilines is 1. The number of rotatable bonds is 10. The van der Waals surface area contributed by atoms with Crippen LogP contribution in [0.2, 0.25) is 0 Å². The molecule has 0 atom stereocenters. The van der Waals surface area contributed by atoms with Crippen LogP contribution in [0.5, 0.6) is 5.75 Å². The van der Waals surface area contributed by atoms with Crippen LogP contribution < -0.4 is 10.1 Å². The molecule has 0 aliphatic heterocycles. The van der Waals surface area contributed by atoms with Gasteiger partial charge in [-0.2, -0.15) is 0 Å². The van der Waals surface area contributed by atoms with Gasteiger partial charge in [-0.05, 0) is 53.9 Å². The minimum Gasteiger partial charge on any atom is -0.497 e. The number of esters is 1. The zero-order valence-corrected chi connectivity index (χ0v) is 19.6. The fourth-order valence-electron chi connectivity index (χ4n) is 3.35. The molecule has 0 spiro atoms. The topological polar surface area (TPSA) is 84.9 Å². The molecule has 182 valence electrons. The predicted octanol–water partition coefficient (Wildman–Crippen LogP) is 4.22. The van der Waals surface area contributed by atoms with Gasteiger partial charge in [-0.3, -0.25) is 9.59 Å². The Hall–Kier alpha value is -4.20. The third kappa shape index (κ3) is 7.67. The molecule has 35 heavy (non-hydrogen) atoms. The minimum atomic E-state index is -0.733. The smallest absolute Gasteiger partial charge is 0.340 e. The Balaban J connectivity index is 1.52. The summed E-state index contributed by atoms with van der Waals surface area (Å²) in [4.78, 5) is 38.8. The van der Waals surface area contributed by atoms with Crippen molar-refractivity contribution in [3.8, 4) is 5.75 Å². The summed E-state index contributed by atoms with van der Waals surface area (Å²) in [6.07, 6.45) is 0.744. The molecule has 0 radical (unpaired) electrons. The van der Waals surface area contributed by atoms with Gasteiger partial charge in [-0.25, -0.2) is 9.18 Å². The molecule has 0 heterocycles. The number of aryl methyl sites for hydroxylation is 1. The highest BCUT2D eigenvalue weighted by Crippen LogP contribution is 2.18. The monoisotopic (exact) mass is 478 g/mol. The first kappa shape index (κ1) is 25.4. The summed E-state index contributed by atoms with van der Waals surface area (Å²) in [7, 11) is 3.13. The number of likely N-dealkylation sites (N-methyl/N-ethyl adjacent to an activating group) is 1. The Labute approximate surface area is 203 Å². The second-order valence-electron chi connectivity index (χ2n) is 7.90. The number of carbonyl (C=O) groups is 3. The maximum Gasteiger partial charge on any atom is 0.340 e. The van der Waals surface area contributed by atoms with Gasteiger partial charge < -0.3 is 19.7 Å². The van der Waals surface area contributed by atoms with Gasteiger partial charge in [0.15, 0.2) is 6.61 Å². The summed E-state index contributed by atoms with van der Waals surface area (Å²) in [5, 5.41) is 2.74. The number of halogens is 1. The number of hydrogen-bond donors (Lipinski definition) is 1. The van der Waals surface area contributed by atoms with Crippen LogP contribution >= 0.6 is 0 Å². The molecular weight excluding hydrogens is 451 g/mol. The number of ether oxygens (including phenoxy) is 2. The van der Waals surface area contributed by atoms with Gasteiger partial charge in [0.25, 0.3) is 5.91 Å². The van der Waals surface area contributed by atoms with Crippen LogP contribution in [0.15, 0.2) is 72.8 Å². The van der Waals surface area contributed by atoms with E-state index in [4.69, 9.17) is 9.47 Å². The van der Waals surface area contributed by atoms with Crippen molar-refractivity contribution in [3.63, 3.8) is 0 Å². The first-order valence-electron chi connectivity index (χ1n) is 11.0. The number of amides is 2. The third-order valence-corrected chi connectivity index (χ3v) is 5.28. The molecular formula is C27H27FN2O5. The van der Waals surface area contributed by atoms with Gasteiger partial charge in [-0.15, -0.1) is 0 Å². The van der Waals surface area contributed by atoms with Crippen molar-refractivity contribution in [2.24, 2.45) is 0 Å². The van der Waals surface area contributed by atoms with E-state index in [1.165, 1.54) is 30.1 Å². The fourth-order valence-corrected chi connectivity index (χ4v) is 3.35. The average molecular weight is 479 g/mol. The van der Waals surface area contributed by atoms with Gasteiger partial charge in [0.05, 0.1) is 18.4 Å². The first-order valence-corrected chi connectivity index (χ1v) is 11.0. The van der Waals surface area contributed by atoms with E-state index in [1.54, 1.807) is 37.4 Å². The lowest BCUT2D eigenvalue weighted by atomic mass is 10.1. The van der Waals surface area contributed by atoms with Crippen molar-refractivity contribution < 1.29 is 28.2 Å². The lowest BCUT2D eigenvalue weighted by molar-refractivity contribution is -0.133. The molecule has 0 aliphatic rings. The number of para-hydroxylation sites is 1. The molecule has 0 saturated heterocycles. The highest BCUT2D eigenvalue weighted by Gasteiger charge is 2.17. The van der Waals surface area contributed by atoms with Crippen LogP contribution in [0.1, 0.15) is 27.9 Å². The first-order chi connectivity index (χ1) is 16.9. The second-order valence-corrected chi connectivity index (χ2v) is 7.90. The van der Waals surface area contributed by atoms with Crippen molar-refractivity contribution in [2.75, 3.05) is 26.1 Å². The van der Waals surface area contributed by atoms with Crippen molar-refractivity contribution in [1.29, 1.82) is 0 Å². The normalized spacial score (nSPS) is 10.4. The molecule has 0 fully saturated rings. The quantitative estimate of drug-likeness (QED) is 0.441. The van der Waals surface area contributed by atoms with Crippen LogP contribution in [-0.4, -0.2) is 43.4 Å². The maximum atomic E-state index is 13.3. The molecule has 3 aromatic carbocycles. The highest BCUT2D eigenvalue weighted by molar-refractivity contribution is 6.01. The summed E-state index contributed by atoms with van der Waals surface area (Å²) >= 11 is 0. The molecule has 3 aromatic rings. The van der Waals surface area contributed by atoms with E-state index >= 15 is 0 Å². The van der Waals surface area contributed by atoms with E-state index in [1.807, 2.05) is 24.3 Å². The molecule has 0 saturated carbocycles. The maximum absolute atomic E-state index is 13.3. The Kier molecular flexibility index (Phi) is 8.95. The molecule has 2 amide bonds. The van der Waals surface area contributed by atoms with Gasteiger partial charge >= 0.3 is 5.97 Å². The number of nitrogens with zero attached hydrogens (tertiary/aromatic N) is 1. The van der Waals surface area contributed by atoms with E-state index in [2.05, 4.69) is 5.32 Å². The summed E-state index contributed by atoms with van der Waals surface area (Å²) in [6, 6.07) is 19.8. The summed E-state index contributed by atoms with van der Waals surface area (Å²) < 4.78 is 23.6. The van der Waals surface area contributed by atoms with Crippen LogP contribution in [0, 0.1) is 5.82 Å². The highest BCUT2D eigenvalue weighted by atomic mass is 19.1. The standard InChI is InChI=1S/C27H27FN2O5/c1-30(17-20-6-5-7-21(28)16-20)26(32)18-35-27(33)23-8-3-4-9-24(23)29-25(31)15-12-19-10-13-22(34-2)14-11-19/h3-11,13-14,16H,12,15,17-18H2,1-2H3,(H,29,31). The van der Waals surface area contributed by atoms with E-state index in [9.17, 15) is 18.8 Å². The Morgan fingerprint density at radius 2 is 1.69 bits per heavy atom. The summed E-state index contributed by atoms with van der Waals surface area (Å²) in [6.45, 7) is -0.306. The zero-order chi connectivity index (χ0) is 25.2. The molecule has 0 unspecified atom stereocenters. The predicted molar refractivity (Wildman–Crippen MR) is 130 cm³/mol. The van der Waals surface area contributed by atoms with Gasteiger partial charge in [-0.1, -0.05) is 36.4 Å². The van der Waals surface area contributed by atoms with Gasteiger partial charge in [0, 0.05) is 20.0 Å². The van der Waals surface area contributed by atoms with Crippen molar-refractivity contribution >= 4 is 23.5 Å². The average Bonchev–Trinajstić information content (AvgIpc) is 2.86. The van der Waals surface area contributed by atoms with Crippen molar-refractivity contribution in [2.45, 2.75) is 19.4 Å². The van der Waals surface area contributed by atoms with Crippen LogP contribution in [0.25, 0.3) is 0 Å². The van der Waals surface area contributed by atoms with Gasteiger partial charge in [0.2, 0.25) is 5.91 Å². The lowest BCUT2D eigenvalue weighted by Crippen LogP contribution is -2.31.